The SMILES string of the molecule is COc1ccc(N2CCCN(c3nc(-c4ccccn4)nc4c3CCC4)CC2=O)cc1. The third kappa shape index (κ3) is 3.83. The molecule has 7 heteroatoms. The number of benzene rings is 1. The first-order chi connectivity index (χ1) is 15.2. The number of hydrogen-bond donors (Lipinski definition) is 0. The van der Waals surface area contributed by atoms with E-state index in [1.54, 1.807) is 13.3 Å². The zero-order chi connectivity index (χ0) is 21.2. The van der Waals surface area contributed by atoms with Crippen LogP contribution in [0.4, 0.5) is 11.5 Å². The number of fused-ring (bicyclic) bond motifs is 1. The molecule has 1 aliphatic carbocycles. The molecule has 1 aliphatic heterocycles. The molecular weight excluding hydrogens is 390 g/mol. The maximum atomic E-state index is 13.2. The Kier molecular flexibility index (Phi) is 5.24. The lowest BCUT2D eigenvalue weighted by Crippen LogP contribution is -2.37. The minimum absolute atomic E-state index is 0.0763. The highest BCUT2D eigenvalue weighted by atomic mass is 16.5. The second-order valence-electron chi connectivity index (χ2n) is 7.88. The Hall–Kier alpha value is -3.48. The van der Waals surface area contributed by atoms with Crippen molar-refractivity contribution in [2.75, 3.05) is 36.5 Å². The maximum absolute atomic E-state index is 13.2. The van der Waals surface area contributed by atoms with Crippen molar-refractivity contribution in [2.45, 2.75) is 25.7 Å². The molecule has 1 amide bonds. The normalized spacial score (nSPS) is 16.2. The van der Waals surface area contributed by atoms with E-state index in [0.29, 0.717) is 18.9 Å². The molecule has 2 aliphatic rings. The maximum Gasteiger partial charge on any atom is 0.246 e. The van der Waals surface area contributed by atoms with Gasteiger partial charge >= 0.3 is 0 Å². The fourth-order valence-corrected chi connectivity index (χ4v) is 4.37. The molecule has 158 valence electrons. The van der Waals surface area contributed by atoms with Gasteiger partial charge in [-0.05, 0) is 62.1 Å². The quantitative estimate of drug-likeness (QED) is 0.651. The lowest BCUT2D eigenvalue weighted by atomic mass is 10.2. The number of nitrogens with zero attached hydrogens (tertiary/aromatic N) is 5. The summed E-state index contributed by atoms with van der Waals surface area (Å²) >= 11 is 0. The Balaban J connectivity index is 1.45. The van der Waals surface area contributed by atoms with Crippen molar-refractivity contribution in [1.29, 1.82) is 0 Å². The molecule has 31 heavy (non-hydrogen) atoms. The van der Waals surface area contributed by atoms with Crippen molar-refractivity contribution in [3.05, 3.63) is 59.9 Å². The van der Waals surface area contributed by atoms with Gasteiger partial charge in [0.15, 0.2) is 5.82 Å². The lowest BCUT2D eigenvalue weighted by molar-refractivity contribution is -0.117. The van der Waals surface area contributed by atoms with Gasteiger partial charge in [-0.25, -0.2) is 9.97 Å². The number of ether oxygens (including phenoxy) is 1. The number of amides is 1. The van der Waals surface area contributed by atoms with Gasteiger partial charge < -0.3 is 14.5 Å². The number of aromatic nitrogens is 3. The summed E-state index contributed by atoms with van der Waals surface area (Å²) in [6.07, 6.45) is 5.61. The fraction of sp³-hybridized carbons (Fsp3) is 0.333. The van der Waals surface area contributed by atoms with Crippen LogP contribution in [0, 0.1) is 0 Å². The van der Waals surface area contributed by atoms with Gasteiger partial charge in [-0.2, -0.15) is 0 Å². The van der Waals surface area contributed by atoms with Crippen molar-refractivity contribution in [2.24, 2.45) is 0 Å². The zero-order valence-electron chi connectivity index (χ0n) is 17.6. The van der Waals surface area contributed by atoms with Gasteiger partial charge in [0, 0.05) is 36.2 Å². The number of rotatable bonds is 4. The van der Waals surface area contributed by atoms with Crippen LogP contribution >= 0.6 is 0 Å². The molecule has 2 aromatic heterocycles. The Morgan fingerprint density at radius 1 is 0.968 bits per heavy atom. The Bertz CT molecular complexity index is 1090. The van der Waals surface area contributed by atoms with Gasteiger partial charge in [0.1, 0.15) is 17.3 Å². The second kappa shape index (κ2) is 8.34. The van der Waals surface area contributed by atoms with E-state index in [1.165, 1.54) is 5.56 Å². The number of carbonyl (C=O) groups excluding carboxylic acids is 1. The van der Waals surface area contributed by atoms with Crippen LogP contribution in [0.2, 0.25) is 0 Å². The highest BCUT2D eigenvalue weighted by molar-refractivity contribution is 5.97. The van der Waals surface area contributed by atoms with E-state index in [9.17, 15) is 4.79 Å². The second-order valence-corrected chi connectivity index (χ2v) is 7.88. The third-order valence-corrected chi connectivity index (χ3v) is 5.93. The molecule has 5 rings (SSSR count). The highest BCUT2D eigenvalue weighted by Crippen LogP contribution is 2.32. The summed E-state index contributed by atoms with van der Waals surface area (Å²) in [5.74, 6) is 2.40. The molecule has 0 N–H and O–H groups in total. The molecule has 0 atom stereocenters. The van der Waals surface area contributed by atoms with Gasteiger partial charge in [0.25, 0.3) is 0 Å². The molecule has 1 aromatic carbocycles. The van der Waals surface area contributed by atoms with E-state index in [1.807, 2.05) is 47.4 Å². The predicted octanol–water partition coefficient (Wildman–Crippen LogP) is 3.28. The summed E-state index contributed by atoms with van der Waals surface area (Å²) in [6, 6.07) is 13.4. The molecule has 1 fully saturated rings. The van der Waals surface area contributed by atoms with Crippen molar-refractivity contribution in [3.63, 3.8) is 0 Å². The molecular formula is C24H25N5O2. The van der Waals surface area contributed by atoms with Gasteiger partial charge in [0.2, 0.25) is 5.91 Å². The highest BCUT2D eigenvalue weighted by Gasteiger charge is 2.28. The number of anilines is 2. The minimum atomic E-state index is 0.0763. The van der Waals surface area contributed by atoms with Gasteiger partial charge in [-0.15, -0.1) is 0 Å². The molecule has 3 heterocycles. The molecule has 7 nitrogen and oxygen atoms in total. The van der Waals surface area contributed by atoms with Crippen molar-refractivity contribution >= 4 is 17.4 Å². The van der Waals surface area contributed by atoms with Crippen LogP contribution in [0.1, 0.15) is 24.1 Å². The van der Waals surface area contributed by atoms with Crippen LogP contribution in [0.3, 0.4) is 0 Å². The van der Waals surface area contributed by atoms with Crippen molar-refractivity contribution in [1.82, 2.24) is 15.0 Å². The fourth-order valence-electron chi connectivity index (χ4n) is 4.37. The third-order valence-electron chi connectivity index (χ3n) is 5.93. The van der Waals surface area contributed by atoms with E-state index in [-0.39, 0.29) is 5.91 Å². The first-order valence-electron chi connectivity index (χ1n) is 10.7. The summed E-state index contributed by atoms with van der Waals surface area (Å²) in [4.78, 5) is 31.3. The molecule has 0 bridgehead atoms. The molecule has 0 saturated carbocycles. The largest absolute Gasteiger partial charge is 0.497 e. The molecule has 1 saturated heterocycles. The zero-order valence-corrected chi connectivity index (χ0v) is 17.6. The number of carbonyl (C=O) groups is 1. The summed E-state index contributed by atoms with van der Waals surface area (Å²) in [5.41, 5.74) is 3.94. The van der Waals surface area contributed by atoms with E-state index >= 15 is 0 Å². The molecule has 0 radical (unpaired) electrons. The van der Waals surface area contributed by atoms with Crippen LogP contribution in [0.15, 0.2) is 48.7 Å². The van der Waals surface area contributed by atoms with Crippen LogP contribution in [-0.2, 0) is 17.6 Å². The Morgan fingerprint density at radius 2 is 1.84 bits per heavy atom. The van der Waals surface area contributed by atoms with Gasteiger partial charge in [-0.3, -0.25) is 9.78 Å². The van der Waals surface area contributed by atoms with Gasteiger partial charge in [0.05, 0.1) is 13.7 Å². The minimum Gasteiger partial charge on any atom is -0.497 e. The van der Waals surface area contributed by atoms with Gasteiger partial charge in [-0.1, -0.05) is 6.07 Å². The summed E-state index contributed by atoms with van der Waals surface area (Å²) in [6.45, 7) is 1.77. The topological polar surface area (TPSA) is 71.5 Å². The summed E-state index contributed by atoms with van der Waals surface area (Å²) in [5, 5.41) is 0. The smallest absolute Gasteiger partial charge is 0.246 e. The Morgan fingerprint density at radius 3 is 2.61 bits per heavy atom. The first-order valence-corrected chi connectivity index (χ1v) is 10.7. The summed E-state index contributed by atoms with van der Waals surface area (Å²) < 4.78 is 5.24. The molecule has 0 unspecified atom stereocenters. The number of aryl methyl sites for hydroxylation is 1. The average Bonchev–Trinajstić information content (AvgIpc) is 3.21. The van der Waals surface area contributed by atoms with E-state index in [4.69, 9.17) is 14.7 Å². The number of methoxy groups -OCH3 is 1. The predicted molar refractivity (Wildman–Crippen MR) is 119 cm³/mol. The van der Waals surface area contributed by atoms with E-state index in [0.717, 1.165) is 60.9 Å². The van der Waals surface area contributed by atoms with Crippen LogP contribution < -0.4 is 14.5 Å². The monoisotopic (exact) mass is 415 g/mol. The van der Waals surface area contributed by atoms with Crippen molar-refractivity contribution < 1.29 is 9.53 Å². The van der Waals surface area contributed by atoms with Crippen molar-refractivity contribution in [3.8, 4) is 17.3 Å². The number of pyridine rings is 1. The van der Waals surface area contributed by atoms with E-state index < -0.39 is 0 Å². The number of hydrogen-bond acceptors (Lipinski definition) is 6. The Labute approximate surface area is 181 Å². The molecule has 3 aromatic rings. The van der Waals surface area contributed by atoms with E-state index in [2.05, 4.69) is 9.88 Å². The first kappa shape index (κ1) is 19.5. The van der Waals surface area contributed by atoms with Crippen LogP contribution in [0.5, 0.6) is 5.75 Å². The van der Waals surface area contributed by atoms with Crippen LogP contribution in [-0.4, -0.2) is 47.6 Å². The lowest BCUT2D eigenvalue weighted by Gasteiger charge is -2.24. The summed E-state index contributed by atoms with van der Waals surface area (Å²) in [7, 11) is 1.64. The average molecular weight is 415 g/mol. The standard InChI is InChI=1S/C24H25N5O2/c1-31-18-11-9-17(10-12-18)29-15-5-14-28(16-22(29)30)24-19-6-4-8-20(19)26-23(27-24)21-7-2-3-13-25-21/h2-3,7,9-13H,4-6,8,14-16H2,1H3. The molecule has 0 spiro atoms. The van der Waals surface area contributed by atoms with Crippen LogP contribution in [0.25, 0.3) is 11.5 Å².